The van der Waals surface area contributed by atoms with Gasteiger partial charge >= 0.3 is 5.97 Å². The first-order valence-corrected chi connectivity index (χ1v) is 14.1. The van der Waals surface area contributed by atoms with Crippen LogP contribution in [0, 0.1) is 5.82 Å². The second-order valence-corrected chi connectivity index (χ2v) is 11.5. The molecule has 1 unspecified atom stereocenters. The number of furan rings is 1. The Bertz CT molecular complexity index is 1630. The summed E-state index contributed by atoms with van der Waals surface area (Å²) in [6.07, 6.45) is 1.62. The molecule has 0 spiro atoms. The van der Waals surface area contributed by atoms with Crippen LogP contribution in [0.2, 0.25) is 0 Å². The van der Waals surface area contributed by atoms with Gasteiger partial charge in [-0.2, -0.15) is 0 Å². The molecule has 204 valence electrons. The number of nitrogens with two attached hydrogens (primary N) is 1. The highest BCUT2D eigenvalue weighted by Gasteiger charge is 2.33. The molecule has 1 heterocycles. The molecule has 0 bridgehead atoms. The van der Waals surface area contributed by atoms with E-state index >= 15 is 0 Å². The van der Waals surface area contributed by atoms with Crippen molar-refractivity contribution in [1.29, 1.82) is 0 Å². The number of rotatable bonds is 10. The van der Waals surface area contributed by atoms with Crippen LogP contribution in [0.5, 0.6) is 11.5 Å². The Balaban J connectivity index is 1.59. The summed E-state index contributed by atoms with van der Waals surface area (Å²) < 4.78 is 51.5. The summed E-state index contributed by atoms with van der Waals surface area (Å²) >= 11 is 0. The number of sulfonamides is 1. The normalized spacial score (nSPS) is 14.4. The number of hydrogen-bond acceptors (Lipinski definition) is 7. The molecule has 0 amide bonds. The van der Waals surface area contributed by atoms with Crippen LogP contribution in [0.15, 0.2) is 65.1 Å². The lowest BCUT2D eigenvalue weighted by atomic mass is 10.0. The van der Waals surface area contributed by atoms with Crippen LogP contribution >= 0.6 is 0 Å². The number of anilines is 1. The SMILES string of the molecule is CS(=O)(=O)N(CC(O)CN)c1cc2oc(-c3ccc(Oc4ccc(F)cc4)cc3)c(C(=O)O)c2cc1C1CC1. The summed E-state index contributed by atoms with van der Waals surface area (Å²) in [5.74, 6) is -0.507. The topological polar surface area (TPSA) is 143 Å². The first-order valence-electron chi connectivity index (χ1n) is 12.3. The van der Waals surface area contributed by atoms with Gasteiger partial charge in [-0.3, -0.25) is 4.31 Å². The van der Waals surface area contributed by atoms with Crippen molar-refractivity contribution in [1.82, 2.24) is 0 Å². The molecule has 1 saturated carbocycles. The lowest BCUT2D eigenvalue weighted by Crippen LogP contribution is -2.40. The van der Waals surface area contributed by atoms with Crippen molar-refractivity contribution in [2.24, 2.45) is 5.73 Å². The van der Waals surface area contributed by atoms with Crippen molar-refractivity contribution in [2.45, 2.75) is 24.9 Å². The predicted octanol–water partition coefficient (Wildman–Crippen LogP) is 4.69. The van der Waals surface area contributed by atoms with Gasteiger partial charge in [-0.25, -0.2) is 17.6 Å². The minimum absolute atomic E-state index is 0.0430. The largest absolute Gasteiger partial charge is 0.478 e. The van der Waals surface area contributed by atoms with Crippen molar-refractivity contribution >= 4 is 32.6 Å². The van der Waals surface area contributed by atoms with Gasteiger partial charge in [0.05, 0.1) is 24.6 Å². The average Bonchev–Trinajstić information content (AvgIpc) is 3.67. The van der Waals surface area contributed by atoms with Gasteiger partial charge in [-0.1, -0.05) is 0 Å². The number of hydrogen-bond donors (Lipinski definition) is 3. The Morgan fingerprint density at radius 1 is 1.13 bits per heavy atom. The maximum atomic E-state index is 13.2. The van der Waals surface area contributed by atoms with Crippen LogP contribution in [0.1, 0.15) is 34.7 Å². The number of ether oxygens (including phenoxy) is 1. The van der Waals surface area contributed by atoms with Crippen molar-refractivity contribution in [3.63, 3.8) is 0 Å². The quantitative estimate of drug-likeness (QED) is 0.256. The zero-order valence-electron chi connectivity index (χ0n) is 21.0. The van der Waals surface area contributed by atoms with Crippen molar-refractivity contribution in [3.8, 4) is 22.8 Å². The number of benzene rings is 3. The van der Waals surface area contributed by atoms with E-state index in [2.05, 4.69) is 0 Å². The third kappa shape index (κ3) is 5.60. The predicted molar refractivity (Wildman–Crippen MR) is 144 cm³/mol. The molecule has 3 aromatic carbocycles. The highest BCUT2D eigenvalue weighted by molar-refractivity contribution is 7.92. The van der Waals surface area contributed by atoms with Gasteiger partial charge in [0.2, 0.25) is 10.0 Å². The van der Waals surface area contributed by atoms with E-state index in [1.165, 1.54) is 30.3 Å². The van der Waals surface area contributed by atoms with Crippen molar-refractivity contribution < 1.29 is 37.0 Å². The van der Waals surface area contributed by atoms with Crippen molar-refractivity contribution in [3.05, 3.63) is 77.6 Å². The minimum Gasteiger partial charge on any atom is -0.478 e. The van der Waals surface area contributed by atoms with Gasteiger partial charge in [0.1, 0.15) is 34.2 Å². The summed E-state index contributed by atoms with van der Waals surface area (Å²) in [6, 6.07) is 15.3. The molecule has 9 nitrogen and oxygen atoms in total. The van der Waals surface area contributed by atoms with Crippen LogP contribution < -0.4 is 14.8 Å². The number of halogens is 1. The molecule has 4 N–H and O–H groups in total. The van der Waals surface area contributed by atoms with E-state index in [0.717, 1.165) is 23.4 Å². The molecule has 1 atom stereocenters. The summed E-state index contributed by atoms with van der Waals surface area (Å²) in [5.41, 5.74) is 7.18. The van der Waals surface area contributed by atoms with Gasteiger partial charge in [-0.05, 0) is 78.9 Å². The van der Waals surface area contributed by atoms with E-state index in [1.54, 1.807) is 30.3 Å². The summed E-state index contributed by atoms with van der Waals surface area (Å²) in [5, 5.41) is 20.6. The van der Waals surface area contributed by atoms with Gasteiger partial charge in [0.15, 0.2) is 0 Å². The van der Waals surface area contributed by atoms with Crippen LogP contribution in [-0.2, 0) is 10.0 Å². The zero-order valence-corrected chi connectivity index (χ0v) is 21.8. The van der Waals surface area contributed by atoms with Gasteiger partial charge in [-0.15, -0.1) is 0 Å². The summed E-state index contributed by atoms with van der Waals surface area (Å²) in [4.78, 5) is 12.4. The van der Waals surface area contributed by atoms with Crippen molar-refractivity contribution in [2.75, 3.05) is 23.7 Å². The average molecular weight is 555 g/mol. The number of carboxylic acid groups (broad SMARTS) is 1. The Kier molecular flexibility index (Phi) is 7.06. The molecule has 0 saturated heterocycles. The Morgan fingerprint density at radius 2 is 1.74 bits per heavy atom. The highest BCUT2D eigenvalue weighted by Crippen LogP contribution is 2.48. The molecule has 1 aromatic heterocycles. The number of carbonyl (C=O) groups is 1. The van der Waals surface area contributed by atoms with E-state index in [0.29, 0.717) is 33.7 Å². The van der Waals surface area contributed by atoms with Gasteiger partial charge in [0.25, 0.3) is 0 Å². The van der Waals surface area contributed by atoms with E-state index in [9.17, 15) is 27.8 Å². The lowest BCUT2D eigenvalue weighted by molar-refractivity contribution is 0.0699. The third-order valence-corrected chi connectivity index (χ3v) is 7.70. The number of aromatic carboxylic acids is 1. The Hall–Kier alpha value is -3.93. The van der Waals surface area contributed by atoms with E-state index in [1.807, 2.05) is 0 Å². The summed E-state index contributed by atoms with van der Waals surface area (Å²) in [6.45, 7) is -0.364. The molecular weight excluding hydrogens is 527 g/mol. The zero-order chi connectivity index (χ0) is 27.9. The second kappa shape index (κ2) is 10.3. The standard InChI is InChI=1S/C28H27FN2O7S/c1-39(35,36)31(15-19(32)14-30)24-13-25-23(12-22(24)16-2-3-16)26(28(33)34)27(38-25)17-4-8-20(9-5-17)37-21-10-6-18(29)7-11-21/h4-13,16,19,32H,2-3,14-15,30H2,1H3,(H,33,34). The number of carboxylic acids is 1. The molecule has 1 fully saturated rings. The van der Waals surface area contributed by atoms with Crippen LogP contribution in [0.25, 0.3) is 22.3 Å². The number of aliphatic hydroxyl groups is 1. The fourth-order valence-electron chi connectivity index (χ4n) is 4.49. The highest BCUT2D eigenvalue weighted by atomic mass is 32.2. The molecule has 4 aromatic rings. The third-order valence-electron chi connectivity index (χ3n) is 6.55. The molecule has 0 aliphatic heterocycles. The monoisotopic (exact) mass is 554 g/mol. The first-order chi connectivity index (χ1) is 18.5. The maximum Gasteiger partial charge on any atom is 0.340 e. The smallest absolute Gasteiger partial charge is 0.340 e. The number of nitrogens with zero attached hydrogens (tertiary/aromatic N) is 1. The van der Waals surface area contributed by atoms with Crippen LogP contribution in [0.3, 0.4) is 0 Å². The van der Waals surface area contributed by atoms with Crippen LogP contribution in [-0.4, -0.2) is 50.0 Å². The molecule has 11 heteroatoms. The minimum atomic E-state index is -3.80. The maximum absolute atomic E-state index is 13.2. The Morgan fingerprint density at radius 3 is 2.28 bits per heavy atom. The van der Waals surface area contributed by atoms with Gasteiger partial charge in [0, 0.05) is 23.6 Å². The fraction of sp³-hybridized carbons (Fsp3) is 0.250. The first kappa shape index (κ1) is 26.7. The molecule has 5 rings (SSSR count). The molecule has 1 aliphatic rings. The number of fused-ring (bicyclic) bond motifs is 1. The number of aliphatic hydroxyl groups excluding tert-OH is 1. The molecule has 0 radical (unpaired) electrons. The molecular formula is C28H27FN2O7S. The second-order valence-electron chi connectivity index (χ2n) is 9.56. The fourth-order valence-corrected chi connectivity index (χ4v) is 5.45. The molecule has 39 heavy (non-hydrogen) atoms. The van der Waals surface area contributed by atoms with E-state index in [4.69, 9.17) is 14.9 Å². The van der Waals surface area contributed by atoms with Crippen LogP contribution in [0.4, 0.5) is 10.1 Å². The van der Waals surface area contributed by atoms with Gasteiger partial charge < -0.3 is 25.1 Å². The summed E-state index contributed by atoms with van der Waals surface area (Å²) in [7, 11) is -3.80. The Labute approximate surface area is 224 Å². The van der Waals surface area contributed by atoms with E-state index in [-0.39, 0.29) is 41.7 Å². The lowest BCUT2D eigenvalue weighted by Gasteiger charge is -2.27. The van der Waals surface area contributed by atoms with E-state index < -0.39 is 22.1 Å². The molecule has 1 aliphatic carbocycles.